The number of benzene rings is 4. The Morgan fingerprint density at radius 1 is 0.525 bits per heavy atom. The van der Waals surface area contributed by atoms with Crippen molar-refractivity contribution < 1.29 is 133 Å². The maximum atomic E-state index is 13.0. The third-order valence-electron chi connectivity index (χ3n) is 13.0. The van der Waals surface area contributed by atoms with Gasteiger partial charge in [-0.3, -0.25) is 0 Å². The lowest BCUT2D eigenvalue weighted by Crippen LogP contribution is -2.65. The average molecular weight is 1130 g/mol. The first-order valence-corrected chi connectivity index (χ1v) is 24.3. The molecule has 0 radical (unpaired) electrons. The van der Waals surface area contributed by atoms with Gasteiger partial charge in [-0.25, -0.2) is 14.0 Å². The minimum atomic E-state index is -2.16. The van der Waals surface area contributed by atoms with E-state index in [0.29, 0.717) is 5.56 Å². The molecule has 0 unspecified atom stereocenters. The van der Waals surface area contributed by atoms with Crippen molar-refractivity contribution in [2.24, 2.45) is 0 Å². The van der Waals surface area contributed by atoms with Crippen LogP contribution < -0.4 is 18.9 Å². The Hall–Kier alpha value is -7.61. The van der Waals surface area contributed by atoms with Crippen molar-refractivity contribution in [3.63, 3.8) is 0 Å². The van der Waals surface area contributed by atoms with Gasteiger partial charge in [-0.1, -0.05) is 12.1 Å². The molecule has 0 amide bonds. The zero-order valence-electron chi connectivity index (χ0n) is 42.1. The number of carbonyl (C=O) groups excluding carboxylic acids is 2. The number of aliphatic hydroxyl groups excluding tert-OH is 9. The third kappa shape index (κ3) is 13.0. The Morgan fingerprint density at radius 3 is 1.66 bits per heavy atom. The molecule has 15 atom stereocenters. The molecule has 3 aliphatic heterocycles. The van der Waals surface area contributed by atoms with Crippen LogP contribution in [0, 0.1) is 0 Å². The fourth-order valence-corrected chi connectivity index (χ4v) is 8.59. The SMILES string of the molecule is COc1cc(/C=C/C(=O)OC[C@H]2O[C@@H](O[C@H]3[C@H](Oc4cc5c(O[C@@H]6O[C@H](CO)[C@@H](O)[C@H](O)[C@H]6O)cc(O)cc5[o+]c4-c4ccc(O)c(OC)c4)O[C@H](COC(=O)/C=C/c4ccc(O)c(O)c4)[C@@H](O)[C@@H]3O)[C@H](O)[C@@H](O)[C@@H]2O)ccc1O. The first-order valence-electron chi connectivity index (χ1n) is 24.3. The van der Waals surface area contributed by atoms with Crippen molar-refractivity contribution in [3.05, 3.63) is 96.1 Å². The van der Waals surface area contributed by atoms with Crippen LogP contribution in [0.2, 0.25) is 0 Å². The van der Waals surface area contributed by atoms with Crippen molar-refractivity contribution in [1.29, 1.82) is 0 Å². The minimum absolute atomic E-state index is 0.0857. The number of phenols is 5. The number of hydrogen-bond donors (Lipinski definition) is 14. The summed E-state index contributed by atoms with van der Waals surface area (Å²) < 4.78 is 63.3. The van der Waals surface area contributed by atoms with Gasteiger partial charge in [-0.2, -0.15) is 0 Å². The van der Waals surface area contributed by atoms with Gasteiger partial charge < -0.3 is 119 Å². The average Bonchev–Trinajstić information content (AvgIpc) is 3.58. The number of methoxy groups -OCH3 is 2. The quantitative estimate of drug-likeness (QED) is 0.0230. The summed E-state index contributed by atoms with van der Waals surface area (Å²) >= 11 is 0. The maximum Gasteiger partial charge on any atom is 0.402 e. The number of aromatic hydroxyl groups is 5. The first kappa shape index (κ1) is 58.5. The van der Waals surface area contributed by atoms with Crippen LogP contribution in [0.15, 0.2) is 89.4 Å². The highest BCUT2D eigenvalue weighted by Gasteiger charge is 2.53. The van der Waals surface area contributed by atoms with E-state index in [1.165, 1.54) is 81.0 Å². The van der Waals surface area contributed by atoms with Gasteiger partial charge in [0.25, 0.3) is 0 Å². The number of esters is 2. The van der Waals surface area contributed by atoms with Crippen LogP contribution >= 0.6 is 0 Å². The zero-order chi connectivity index (χ0) is 57.7. The molecular formula is C53H57O27+. The molecule has 0 spiro atoms. The Morgan fingerprint density at radius 2 is 1.05 bits per heavy atom. The topological polar surface area (TPSA) is 421 Å². The standard InChI is InChI=1S/C53H56O27/c1-70-33-14-23(4-9-28(33)57)6-12-40(61)72-20-37-42(63)45(66)48(69)52(78-37)80-50-46(67)43(64)38(21-73-39(60)11-5-22-3-8-27(56)30(59)13-22)79-53(50)76-35-18-26-31(74-49(35)24-7-10-29(58)34(15-24)71-2)16-25(55)17-32(26)75-51-47(68)44(65)41(62)36(19-54)77-51/h3-18,36-38,41-48,50-54,62-69H,19-21H2,1-2H3,(H4-,55,56,57,58,59,60,61)/p+1/t36-,37-,38-,41-,42-,43-,44+,45+,46+,47-,48-,50-,51-,52+,53-/m1/s1. The number of phenolic OH excluding ortho intramolecular Hbond substituents is 5. The molecule has 0 bridgehead atoms. The lowest BCUT2D eigenvalue weighted by Gasteiger charge is -2.45. The lowest BCUT2D eigenvalue weighted by atomic mass is 9.97. The van der Waals surface area contributed by atoms with Crippen molar-refractivity contribution in [2.45, 2.75) is 92.1 Å². The second-order valence-electron chi connectivity index (χ2n) is 18.4. The van der Waals surface area contributed by atoms with Gasteiger partial charge in [0.05, 0.1) is 32.5 Å². The summed E-state index contributed by atoms with van der Waals surface area (Å²) in [7, 11) is 2.58. The highest BCUT2D eigenvalue weighted by atomic mass is 16.8. The predicted molar refractivity (Wildman–Crippen MR) is 268 cm³/mol. The number of hydrogen-bond acceptors (Lipinski definition) is 26. The van der Waals surface area contributed by atoms with Crippen LogP contribution in [0.4, 0.5) is 0 Å². The van der Waals surface area contributed by atoms with Crippen molar-refractivity contribution in [1.82, 2.24) is 0 Å². The van der Waals surface area contributed by atoms with Gasteiger partial charge in [-0.05, 0) is 59.7 Å². The van der Waals surface area contributed by atoms with E-state index in [1.807, 2.05) is 0 Å². The largest absolute Gasteiger partial charge is 0.507 e. The molecular weight excluding hydrogens is 1070 g/mol. The molecule has 430 valence electrons. The highest BCUT2D eigenvalue weighted by Crippen LogP contribution is 2.44. The number of rotatable bonds is 18. The monoisotopic (exact) mass is 1130 g/mol. The van der Waals surface area contributed by atoms with E-state index in [9.17, 15) is 81.1 Å². The molecule has 8 rings (SSSR count). The fourth-order valence-electron chi connectivity index (χ4n) is 8.59. The van der Waals surface area contributed by atoms with Crippen LogP contribution in [0.1, 0.15) is 11.1 Å². The minimum Gasteiger partial charge on any atom is -0.507 e. The van der Waals surface area contributed by atoms with Crippen molar-refractivity contribution in [2.75, 3.05) is 34.0 Å². The van der Waals surface area contributed by atoms with Gasteiger partial charge in [-0.15, -0.1) is 0 Å². The predicted octanol–water partition coefficient (Wildman–Crippen LogP) is -0.364. The van der Waals surface area contributed by atoms with Crippen LogP contribution in [0.5, 0.6) is 51.7 Å². The second-order valence-corrected chi connectivity index (χ2v) is 18.4. The summed E-state index contributed by atoms with van der Waals surface area (Å²) in [5, 5.41) is 149. The van der Waals surface area contributed by atoms with Crippen LogP contribution in [-0.2, 0) is 38.0 Å². The first-order chi connectivity index (χ1) is 38.2. The Balaban J connectivity index is 1.14. The summed E-state index contributed by atoms with van der Waals surface area (Å²) in [6.45, 7) is -2.40. The molecule has 1 aromatic heterocycles. The number of ether oxygens (including phenoxy) is 10. The Kier molecular flexibility index (Phi) is 18.5. The molecule has 3 saturated heterocycles. The van der Waals surface area contributed by atoms with Crippen LogP contribution in [0.3, 0.4) is 0 Å². The Bertz CT molecular complexity index is 3060. The molecule has 27 nitrogen and oxygen atoms in total. The fraction of sp³-hybridized carbons (Fsp3) is 0.377. The van der Waals surface area contributed by atoms with E-state index < -0.39 is 147 Å². The molecule has 0 saturated carbocycles. The smallest absolute Gasteiger partial charge is 0.402 e. The summed E-state index contributed by atoms with van der Waals surface area (Å²) in [5.41, 5.74) is 0.593. The van der Waals surface area contributed by atoms with E-state index in [0.717, 1.165) is 30.4 Å². The normalized spacial score (nSPS) is 28.9. The molecule has 27 heteroatoms. The second kappa shape index (κ2) is 25.2. The molecule has 0 aliphatic carbocycles. The van der Waals surface area contributed by atoms with E-state index in [1.54, 1.807) is 0 Å². The molecule has 3 aliphatic rings. The molecule has 80 heavy (non-hydrogen) atoms. The van der Waals surface area contributed by atoms with Gasteiger partial charge >= 0.3 is 23.3 Å². The summed E-state index contributed by atoms with van der Waals surface area (Å²) in [6.07, 6.45) is -24.2. The van der Waals surface area contributed by atoms with Gasteiger partial charge in [0.1, 0.15) is 97.2 Å². The van der Waals surface area contributed by atoms with E-state index in [4.69, 9.17) is 51.8 Å². The highest BCUT2D eigenvalue weighted by molar-refractivity contribution is 5.89. The van der Waals surface area contributed by atoms with Crippen molar-refractivity contribution in [3.8, 4) is 63.1 Å². The molecule has 14 N–H and O–H groups in total. The lowest BCUT2D eigenvalue weighted by molar-refractivity contribution is -0.358. The molecule has 5 aromatic rings. The summed E-state index contributed by atoms with van der Waals surface area (Å²) in [6, 6.07) is 15.2. The number of aliphatic hydroxyl groups is 9. The number of carbonyl (C=O) groups is 2. The Labute approximate surface area is 452 Å². The van der Waals surface area contributed by atoms with E-state index in [2.05, 4.69) is 0 Å². The van der Waals surface area contributed by atoms with Gasteiger partial charge in [0.2, 0.25) is 18.3 Å². The maximum absolute atomic E-state index is 13.0. The zero-order valence-corrected chi connectivity index (χ0v) is 42.1. The van der Waals surface area contributed by atoms with Crippen molar-refractivity contribution >= 4 is 35.1 Å². The van der Waals surface area contributed by atoms with Crippen LogP contribution in [-0.4, -0.2) is 210 Å². The number of fused-ring (bicyclic) bond motifs is 1. The van der Waals surface area contributed by atoms with E-state index >= 15 is 0 Å². The summed E-state index contributed by atoms with van der Waals surface area (Å²) in [5.74, 6) is -4.82. The molecule has 4 heterocycles. The van der Waals surface area contributed by atoms with Gasteiger partial charge in [0, 0.05) is 30.4 Å². The molecule has 3 fully saturated rings. The molecule has 4 aromatic carbocycles. The van der Waals surface area contributed by atoms with Crippen LogP contribution in [0.25, 0.3) is 34.4 Å². The van der Waals surface area contributed by atoms with Gasteiger partial charge in [0.15, 0.2) is 46.9 Å². The third-order valence-corrected chi connectivity index (χ3v) is 13.0. The summed E-state index contributed by atoms with van der Waals surface area (Å²) in [4.78, 5) is 25.8. The van der Waals surface area contributed by atoms with E-state index in [-0.39, 0.29) is 56.6 Å².